The van der Waals surface area contributed by atoms with Crippen LogP contribution in [0.25, 0.3) is 0 Å². The molecule has 0 aromatic heterocycles. The minimum absolute atomic E-state index is 0.137. The molecule has 3 fully saturated rings. The molecule has 160 valence electrons. The van der Waals surface area contributed by atoms with E-state index in [0.717, 1.165) is 38.5 Å². The molecule has 4 aliphatic rings. The molecule has 2 aliphatic heterocycles. The van der Waals surface area contributed by atoms with Crippen LogP contribution in [0, 0.1) is 0 Å². The smallest absolute Gasteiger partial charge is 0.325 e. The van der Waals surface area contributed by atoms with Gasteiger partial charge in [0.05, 0.1) is 0 Å². The van der Waals surface area contributed by atoms with E-state index in [1.54, 1.807) is 12.1 Å². The summed E-state index contributed by atoms with van der Waals surface area (Å²) in [5.41, 5.74) is -0.0417. The van der Waals surface area contributed by atoms with Gasteiger partial charge in [0.25, 0.3) is 11.7 Å². The van der Waals surface area contributed by atoms with Crippen molar-refractivity contribution in [3.05, 3.63) is 18.2 Å². The number of ether oxygens (including phenoxy) is 2. The van der Waals surface area contributed by atoms with Crippen molar-refractivity contribution in [1.82, 2.24) is 10.2 Å². The lowest BCUT2D eigenvalue weighted by atomic mass is 9.98. The lowest BCUT2D eigenvalue weighted by Crippen LogP contribution is -2.44. The Kier molecular flexibility index (Phi) is 4.60. The third kappa shape index (κ3) is 3.28. The summed E-state index contributed by atoms with van der Waals surface area (Å²) in [6.45, 7) is 0.253. The van der Waals surface area contributed by atoms with Gasteiger partial charge in [-0.2, -0.15) is 0 Å². The van der Waals surface area contributed by atoms with Crippen molar-refractivity contribution < 1.29 is 23.9 Å². The van der Waals surface area contributed by atoms with E-state index >= 15 is 0 Å². The van der Waals surface area contributed by atoms with Gasteiger partial charge in [0.1, 0.15) is 5.54 Å². The third-order valence-corrected chi connectivity index (χ3v) is 6.67. The number of hydrogen-bond acceptors (Lipinski definition) is 5. The van der Waals surface area contributed by atoms with Crippen molar-refractivity contribution in [3.63, 3.8) is 0 Å². The summed E-state index contributed by atoms with van der Waals surface area (Å²) in [7, 11) is 0. The van der Waals surface area contributed by atoms with Gasteiger partial charge in [0, 0.05) is 37.6 Å². The number of amides is 4. The van der Waals surface area contributed by atoms with Crippen LogP contribution in [0.2, 0.25) is 0 Å². The number of nitrogens with zero attached hydrogens (tertiary/aromatic N) is 1. The summed E-state index contributed by atoms with van der Waals surface area (Å²) < 4.78 is 12.0. The Hall–Kier alpha value is -2.77. The lowest BCUT2D eigenvalue weighted by Gasteiger charge is -2.21. The van der Waals surface area contributed by atoms with Crippen molar-refractivity contribution in [2.45, 2.75) is 75.5 Å². The predicted octanol–water partition coefficient (Wildman–Crippen LogP) is 3.31. The first-order valence-electron chi connectivity index (χ1n) is 10.9. The first-order chi connectivity index (χ1) is 14.5. The molecule has 0 atom stereocenters. The van der Waals surface area contributed by atoms with Crippen LogP contribution in [0.3, 0.4) is 0 Å². The SMILES string of the molecule is O=C(CCCN1C(=O)NC2(CCCC2)C1=O)Nc1ccc2c(c1)OC1(CCCC1)O2. The molecule has 0 unspecified atom stereocenters. The number of carbonyl (C=O) groups excluding carboxylic acids is 3. The number of nitrogens with one attached hydrogen (secondary N) is 2. The molecule has 30 heavy (non-hydrogen) atoms. The van der Waals surface area contributed by atoms with Crippen LogP contribution < -0.4 is 20.1 Å². The maximum atomic E-state index is 12.6. The minimum Gasteiger partial charge on any atom is -0.448 e. The molecule has 2 spiro atoms. The maximum Gasteiger partial charge on any atom is 0.325 e. The van der Waals surface area contributed by atoms with Gasteiger partial charge in [0.15, 0.2) is 11.5 Å². The average Bonchev–Trinajstić information content (AvgIpc) is 3.48. The van der Waals surface area contributed by atoms with E-state index in [4.69, 9.17) is 9.47 Å². The summed E-state index contributed by atoms with van der Waals surface area (Å²) in [6, 6.07) is 5.09. The minimum atomic E-state index is -0.692. The highest BCUT2D eigenvalue weighted by atomic mass is 16.7. The van der Waals surface area contributed by atoms with E-state index in [-0.39, 0.29) is 30.8 Å². The largest absolute Gasteiger partial charge is 0.448 e. The van der Waals surface area contributed by atoms with Crippen LogP contribution in [0.4, 0.5) is 10.5 Å². The van der Waals surface area contributed by atoms with Crippen LogP contribution >= 0.6 is 0 Å². The van der Waals surface area contributed by atoms with E-state index in [0.29, 0.717) is 36.4 Å². The van der Waals surface area contributed by atoms with Crippen molar-refractivity contribution in [2.24, 2.45) is 0 Å². The second-order valence-corrected chi connectivity index (χ2v) is 8.81. The Bertz CT molecular complexity index is 887. The number of benzene rings is 1. The van der Waals surface area contributed by atoms with Crippen molar-refractivity contribution in [2.75, 3.05) is 11.9 Å². The number of imide groups is 1. The number of fused-ring (bicyclic) bond motifs is 1. The second-order valence-electron chi connectivity index (χ2n) is 8.81. The lowest BCUT2D eigenvalue weighted by molar-refractivity contribution is -0.131. The van der Waals surface area contributed by atoms with E-state index in [2.05, 4.69) is 10.6 Å². The van der Waals surface area contributed by atoms with E-state index in [1.807, 2.05) is 6.07 Å². The molecular weight excluding hydrogens is 386 g/mol. The van der Waals surface area contributed by atoms with Crippen LogP contribution in [0.15, 0.2) is 18.2 Å². The van der Waals surface area contributed by atoms with Crippen LogP contribution in [-0.4, -0.2) is 40.6 Å². The molecule has 1 saturated heterocycles. The Morgan fingerprint density at radius 1 is 1.03 bits per heavy atom. The van der Waals surface area contributed by atoms with Crippen LogP contribution in [0.5, 0.6) is 11.5 Å². The number of anilines is 1. The fourth-order valence-electron chi connectivity index (χ4n) is 5.11. The Morgan fingerprint density at radius 3 is 2.50 bits per heavy atom. The first kappa shape index (κ1) is 19.2. The molecule has 8 nitrogen and oxygen atoms in total. The quantitative estimate of drug-likeness (QED) is 0.722. The number of urea groups is 1. The standard InChI is InChI=1S/C22H27N3O5/c26-18(6-5-13-25-19(27)21(24-20(25)28)9-1-2-10-21)23-15-7-8-16-17(14-15)30-22(29-16)11-3-4-12-22/h7-8,14H,1-6,9-13H2,(H,23,26)(H,24,28). The summed E-state index contributed by atoms with van der Waals surface area (Å²) in [5.74, 6) is 0.559. The maximum absolute atomic E-state index is 12.6. The normalized spacial score (nSPS) is 22.9. The van der Waals surface area contributed by atoms with E-state index < -0.39 is 11.3 Å². The average molecular weight is 413 g/mol. The van der Waals surface area contributed by atoms with Crippen molar-refractivity contribution in [1.29, 1.82) is 0 Å². The highest BCUT2D eigenvalue weighted by Gasteiger charge is 2.52. The topological polar surface area (TPSA) is 97.0 Å². The van der Waals surface area contributed by atoms with Crippen molar-refractivity contribution >= 4 is 23.5 Å². The molecule has 2 N–H and O–H groups in total. The number of hydrogen-bond donors (Lipinski definition) is 2. The first-order valence-corrected chi connectivity index (χ1v) is 10.9. The third-order valence-electron chi connectivity index (χ3n) is 6.67. The number of rotatable bonds is 5. The molecule has 1 aromatic rings. The summed E-state index contributed by atoms with van der Waals surface area (Å²) in [4.78, 5) is 38.5. The molecule has 0 bridgehead atoms. The van der Waals surface area contributed by atoms with E-state index in [9.17, 15) is 14.4 Å². The Labute approximate surface area is 175 Å². The van der Waals surface area contributed by atoms with Gasteiger partial charge in [-0.05, 0) is 44.2 Å². The molecule has 2 saturated carbocycles. The van der Waals surface area contributed by atoms with Gasteiger partial charge < -0.3 is 20.1 Å². The second kappa shape index (κ2) is 7.18. The van der Waals surface area contributed by atoms with Crippen LogP contribution in [0.1, 0.15) is 64.2 Å². The molecule has 2 aliphatic carbocycles. The molecular formula is C22H27N3O5. The molecule has 1 aromatic carbocycles. The van der Waals surface area contributed by atoms with Gasteiger partial charge >= 0.3 is 6.03 Å². The predicted molar refractivity (Wildman–Crippen MR) is 108 cm³/mol. The molecule has 2 heterocycles. The summed E-state index contributed by atoms with van der Waals surface area (Å²) >= 11 is 0. The highest BCUT2D eigenvalue weighted by Crippen LogP contribution is 2.47. The Balaban J connectivity index is 1.13. The molecule has 5 rings (SSSR count). The Morgan fingerprint density at radius 2 is 1.73 bits per heavy atom. The zero-order valence-corrected chi connectivity index (χ0v) is 17.0. The fourth-order valence-corrected chi connectivity index (χ4v) is 5.11. The highest BCUT2D eigenvalue weighted by molar-refractivity contribution is 6.07. The summed E-state index contributed by atoms with van der Waals surface area (Å²) in [5, 5.41) is 5.73. The fraction of sp³-hybridized carbons (Fsp3) is 0.591. The van der Waals surface area contributed by atoms with E-state index in [1.165, 1.54) is 4.90 Å². The van der Waals surface area contributed by atoms with Crippen molar-refractivity contribution in [3.8, 4) is 11.5 Å². The van der Waals surface area contributed by atoms with Gasteiger partial charge in [-0.25, -0.2) is 4.79 Å². The van der Waals surface area contributed by atoms with Gasteiger partial charge in [-0.1, -0.05) is 12.8 Å². The van der Waals surface area contributed by atoms with Gasteiger partial charge in [-0.3, -0.25) is 14.5 Å². The monoisotopic (exact) mass is 413 g/mol. The molecule has 8 heteroatoms. The van der Waals surface area contributed by atoms with Gasteiger partial charge in [0.2, 0.25) is 5.91 Å². The zero-order chi connectivity index (χ0) is 20.8. The zero-order valence-electron chi connectivity index (χ0n) is 17.0. The van der Waals surface area contributed by atoms with Gasteiger partial charge in [-0.15, -0.1) is 0 Å². The number of carbonyl (C=O) groups is 3. The molecule has 4 amide bonds. The molecule has 0 radical (unpaired) electrons. The van der Waals surface area contributed by atoms with Crippen LogP contribution in [-0.2, 0) is 9.59 Å². The summed E-state index contributed by atoms with van der Waals surface area (Å²) in [6.07, 6.45) is 7.93.